The summed E-state index contributed by atoms with van der Waals surface area (Å²) >= 11 is 0. The van der Waals surface area contributed by atoms with Crippen molar-refractivity contribution in [3.05, 3.63) is 40.8 Å². The SMILES string of the molecule is CC(C)CC1COCCN1C(=O)COc1ccc2ccc(=O)oc2c1. The van der Waals surface area contributed by atoms with Gasteiger partial charge < -0.3 is 18.8 Å². The van der Waals surface area contributed by atoms with Crippen molar-refractivity contribution in [3.8, 4) is 5.75 Å². The number of benzene rings is 1. The molecule has 1 aliphatic heterocycles. The summed E-state index contributed by atoms with van der Waals surface area (Å²) < 4.78 is 16.3. The van der Waals surface area contributed by atoms with Crippen molar-refractivity contribution in [2.75, 3.05) is 26.4 Å². The van der Waals surface area contributed by atoms with Crippen molar-refractivity contribution in [1.82, 2.24) is 4.90 Å². The van der Waals surface area contributed by atoms with E-state index in [0.29, 0.717) is 37.0 Å². The highest BCUT2D eigenvalue weighted by Gasteiger charge is 2.28. The van der Waals surface area contributed by atoms with Gasteiger partial charge in [0, 0.05) is 24.1 Å². The lowest BCUT2D eigenvalue weighted by molar-refractivity contribution is -0.142. The maximum absolute atomic E-state index is 12.6. The second-order valence-corrected chi connectivity index (χ2v) is 6.69. The second kappa shape index (κ2) is 7.70. The van der Waals surface area contributed by atoms with Gasteiger partial charge in [0.05, 0.1) is 19.3 Å². The predicted octanol–water partition coefficient (Wildman–Crippen LogP) is 2.45. The van der Waals surface area contributed by atoms with Crippen LogP contribution in [0.4, 0.5) is 0 Å². The Kier molecular flexibility index (Phi) is 5.38. The number of nitrogens with zero attached hydrogens (tertiary/aromatic N) is 1. The molecule has 3 rings (SSSR count). The highest BCUT2D eigenvalue weighted by Crippen LogP contribution is 2.20. The van der Waals surface area contributed by atoms with E-state index in [1.54, 1.807) is 24.3 Å². The molecule has 0 saturated carbocycles. The van der Waals surface area contributed by atoms with E-state index in [-0.39, 0.29) is 18.6 Å². The molecule has 1 atom stereocenters. The molecule has 2 aromatic rings. The standard InChI is InChI=1S/C19H23NO5/c1-13(2)9-15-11-23-8-7-20(15)18(21)12-24-16-5-3-14-4-6-19(22)25-17(14)10-16/h3-6,10,13,15H,7-9,11-12H2,1-2H3. The zero-order valence-corrected chi connectivity index (χ0v) is 14.6. The van der Waals surface area contributed by atoms with E-state index < -0.39 is 5.63 Å². The summed E-state index contributed by atoms with van der Waals surface area (Å²) in [6.45, 7) is 5.95. The van der Waals surface area contributed by atoms with E-state index in [0.717, 1.165) is 11.8 Å². The highest BCUT2D eigenvalue weighted by molar-refractivity contribution is 5.79. The van der Waals surface area contributed by atoms with E-state index in [4.69, 9.17) is 13.9 Å². The van der Waals surface area contributed by atoms with Crippen LogP contribution in [-0.2, 0) is 9.53 Å². The second-order valence-electron chi connectivity index (χ2n) is 6.69. The predicted molar refractivity (Wildman–Crippen MR) is 93.8 cm³/mol. The van der Waals surface area contributed by atoms with Crippen LogP contribution >= 0.6 is 0 Å². The molecule has 0 spiro atoms. The first kappa shape index (κ1) is 17.5. The smallest absolute Gasteiger partial charge is 0.336 e. The average Bonchev–Trinajstić information content (AvgIpc) is 2.59. The van der Waals surface area contributed by atoms with Crippen LogP contribution in [0.2, 0.25) is 0 Å². The van der Waals surface area contributed by atoms with Gasteiger partial charge >= 0.3 is 5.63 Å². The molecule has 0 aliphatic carbocycles. The fourth-order valence-electron chi connectivity index (χ4n) is 3.08. The monoisotopic (exact) mass is 345 g/mol. The van der Waals surface area contributed by atoms with Crippen molar-refractivity contribution >= 4 is 16.9 Å². The van der Waals surface area contributed by atoms with Crippen LogP contribution in [0.3, 0.4) is 0 Å². The Morgan fingerprint density at radius 2 is 2.12 bits per heavy atom. The van der Waals surface area contributed by atoms with Crippen LogP contribution in [0.5, 0.6) is 5.75 Å². The number of carbonyl (C=O) groups excluding carboxylic acids is 1. The number of hydrogen-bond acceptors (Lipinski definition) is 5. The lowest BCUT2D eigenvalue weighted by atomic mass is 10.0. The van der Waals surface area contributed by atoms with Crippen molar-refractivity contribution in [3.63, 3.8) is 0 Å². The van der Waals surface area contributed by atoms with Crippen LogP contribution in [0.1, 0.15) is 20.3 Å². The molecule has 1 aliphatic rings. The molecule has 0 bridgehead atoms. The summed E-state index contributed by atoms with van der Waals surface area (Å²) in [4.78, 5) is 25.7. The van der Waals surface area contributed by atoms with Gasteiger partial charge in [-0.05, 0) is 30.5 Å². The van der Waals surface area contributed by atoms with Crippen molar-refractivity contribution < 1.29 is 18.7 Å². The largest absolute Gasteiger partial charge is 0.484 e. The molecule has 2 heterocycles. The number of carbonyl (C=O) groups is 1. The third kappa shape index (κ3) is 4.39. The van der Waals surface area contributed by atoms with Crippen LogP contribution in [-0.4, -0.2) is 43.2 Å². The maximum Gasteiger partial charge on any atom is 0.336 e. The van der Waals surface area contributed by atoms with Gasteiger partial charge in [0.2, 0.25) is 0 Å². The molecular formula is C19H23NO5. The summed E-state index contributed by atoms with van der Waals surface area (Å²) in [5, 5.41) is 0.809. The summed E-state index contributed by atoms with van der Waals surface area (Å²) in [5.41, 5.74) is 0.0343. The maximum atomic E-state index is 12.6. The summed E-state index contributed by atoms with van der Waals surface area (Å²) in [6, 6.07) is 8.36. The number of fused-ring (bicyclic) bond motifs is 1. The molecule has 1 unspecified atom stereocenters. The zero-order valence-electron chi connectivity index (χ0n) is 14.6. The number of ether oxygens (including phenoxy) is 2. The van der Waals surface area contributed by atoms with Gasteiger partial charge in [0.25, 0.3) is 5.91 Å². The number of morpholine rings is 1. The Bertz CT molecular complexity index is 798. The average molecular weight is 345 g/mol. The van der Waals surface area contributed by atoms with E-state index in [1.807, 2.05) is 4.90 Å². The minimum atomic E-state index is -0.412. The first-order valence-corrected chi connectivity index (χ1v) is 8.57. The number of rotatable bonds is 5. The molecule has 1 aromatic heterocycles. The van der Waals surface area contributed by atoms with Crippen LogP contribution in [0.25, 0.3) is 11.0 Å². The Labute approximate surface area is 146 Å². The number of hydrogen-bond donors (Lipinski definition) is 0. The first-order valence-electron chi connectivity index (χ1n) is 8.57. The Morgan fingerprint density at radius 1 is 1.32 bits per heavy atom. The molecule has 1 aromatic carbocycles. The minimum Gasteiger partial charge on any atom is -0.484 e. The quantitative estimate of drug-likeness (QED) is 0.779. The summed E-state index contributed by atoms with van der Waals surface area (Å²) in [5.74, 6) is 0.943. The molecular weight excluding hydrogens is 322 g/mol. The molecule has 1 saturated heterocycles. The van der Waals surface area contributed by atoms with Crippen LogP contribution in [0, 0.1) is 5.92 Å². The lowest BCUT2D eigenvalue weighted by Gasteiger charge is -2.36. The van der Waals surface area contributed by atoms with Crippen molar-refractivity contribution in [2.45, 2.75) is 26.3 Å². The molecule has 0 radical (unpaired) electrons. The van der Waals surface area contributed by atoms with Gasteiger partial charge in [-0.1, -0.05) is 13.8 Å². The Balaban J connectivity index is 1.65. The Morgan fingerprint density at radius 3 is 2.92 bits per heavy atom. The fraction of sp³-hybridized carbons (Fsp3) is 0.474. The molecule has 0 N–H and O–H groups in total. The summed E-state index contributed by atoms with van der Waals surface area (Å²) in [7, 11) is 0. The van der Waals surface area contributed by atoms with Gasteiger partial charge in [0.1, 0.15) is 11.3 Å². The third-order valence-corrected chi connectivity index (χ3v) is 4.25. The first-order chi connectivity index (χ1) is 12.0. The van der Waals surface area contributed by atoms with Gasteiger partial charge in [-0.15, -0.1) is 0 Å². The normalized spacial score (nSPS) is 17.9. The lowest BCUT2D eigenvalue weighted by Crippen LogP contribution is -2.50. The Hall–Kier alpha value is -2.34. The van der Waals surface area contributed by atoms with Gasteiger partial charge in [-0.3, -0.25) is 4.79 Å². The fourth-order valence-corrected chi connectivity index (χ4v) is 3.08. The van der Waals surface area contributed by atoms with Crippen molar-refractivity contribution in [2.24, 2.45) is 5.92 Å². The third-order valence-electron chi connectivity index (χ3n) is 4.25. The van der Waals surface area contributed by atoms with E-state index in [2.05, 4.69) is 13.8 Å². The molecule has 6 heteroatoms. The van der Waals surface area contributed by atoms with Crippen molar-refractivity contribution in [1.29, 1.82) is 0 Å². The molecule has 134 valence electrons. The summed E-state index contributed by atoms with van der Waals surface area (Å²) in [6.07, 6.45) is 0.910. The van der Waals surface area contributed by atoms with Gasteiger partial charge in [-0.2, -0.15) is 0 Å². The minimum absolute atomic E-state index is 0.0445. The highest BCUT2D eigenvalue weighted by atomic mass is 16.5. The topological polar surface area (TPSA) is 69.0 Å². The van der Waals surface area contributed by atoms with E-state index >= 15 is 0 Å². The van der Waals surface area contributed by atoms with Gasteiger partial charge in [0.15, 0.2) is 6.61 Å². The van der Waals surface area contributed by atoms with E-state index in [9.17, 15) is 9.59 Å². The molecule has 6 nitrogen and oxygen atoms in total. The molecule has 25 heavy (non-hydrogen) atoms. The van der Waals surface area contributed by atoms with Gasteiger partial charge in [-0.25, -0.2) is 4.79 Å². The van der Waals surface area contributed by atoms with E-state index in [1.165, 1.54) is 6.07 Å². The van der Waals surface area contributed by atoms with Crippen LogP contribution in [0.15, 0.2) is 39.5 Å². The molecule has 1 fully saturated rings. The van der Waals surface area contributed by atoms with Crippen LogP contribution < -0.4 is 10.4 Å². The zero-order chi connectivity index (χ0) is 17.8. The number of amides is 1. The molecule has 1 amide bonds.